The molecule has 0 spiro atoms. The lowest BCUT2D eigenvalue weighted by molar-refractivity contribution is -0.402. The van der Waals surface area contributed by atoms with Crippen LogP contribution in [0.25, 0.3) is 0 Å². The average molecular weight is 260 g/mol. The van der Waals surface area contributed by atoms with Gasteiger partial charge in [-0.25, -0.2) is 0 Å². The molecule has 0 amide bonds. The summed E-state index contributed by atoms with van der Waals surface area (Å²) in [6.07, 6.45) is 0. The van der Waals surface area contributed by atoms with Crippen molar-refractivity contribution in [3.63, 3.8) is 0 Å². The lowest BCUT2D eigenvalue weighted by Gasteiger charge is -2.09. The fraction of sp³-hybridized carbons (Fsp3) is 0.286. The van der Waals surface area contributed by atoms with Gasteiger partial charge < -0.3 is 9.73 Å². The maximum atomic E-state index is 10.5. The van der Waals surface area contributed by atoms with Crippen molar-refractivity contribution in [1.29, 1.82) is 0 Å². The highest BCUT2D eigenvalue weighted by Crippen LogP contribution is 2.20. The Morgan fingerprint density at radius 1 is 1.32 bits per heavy atom. The van der Waals surface area contributed by atoms with Gasteiger partial charge in [0.25, 0.3) is 0 Å². The van der Waals surface area contributed by atoms with Crippen molar-refractivity contribution >= 4 is 11.6 Å². The third-order valence-corrected chi connectivity index (χ3v) is 2.85. The van der Waals surface area contributed by atoms with E-state index in [2.05, 4.69) is 31.3 Å². The molecule has 2 rings (SSSR count). The van der Waals surface area contributed by atoms with Gasteiger partial charge in [0, 0.05) is 5.69 Å². The van der Waals surface area contributed by atoms with Crippen molar-refractivity contribution in [2.45, 2.75) is 26.3 Å². The van der Waals surface area contributed by atoms with Gasteiger partial charge in [0.2, 0.25) is 0 Å². The number of nitrogens with one attached hydrogen (secondary N) is 1. The maximum absolute atomic E-state index is 10.5. The molecule has 0 radical (unpaired) electrons. The van der Waals surface area contributed by atoms with Gasteiger partial charge >= 0.3 is 5.88 Å². The van der Waals surface area contributed by atoms with Crippen molar-refractivity contribution in [3.8, 4) is 0 Å². The van der Waals surface area contributed by atoms with E-state index in [1.54, 1.807) is 6.07 Å². The molecule has 5 nitrogen and oxygen atoms in total. The molecule has 0 bridgehead atoms. The molecule has 1 N–H and O–H groups in total. The molecular formula is C14H16N2O3. The van der Waals surface area contributed by atoms with E-state index < -0.39 is 4.92 Å². The molecule has 0 saturated heterocycles. The van der Waals surface area contributed by atoms with E-state index >= 15 is 0 Å². The normalized spacial score (nSPS) is 10.7. The Kier molecular flexibility index (Phi) is 3.85. The van der Waals surface area contributed by atoms with Crippen LogP contribution in [0, 0.1) is 10.1 Å². The van der Waals surface area contributed by atoms with Crippen LogP contribution in [-0.2, 0) is 6.54 Å². The molecule has 0 aliphatic rings. The summed E-state index contributed by atoms with van der Waals surface area (Å²) in [4.78, 5) is 9.96. The third kappa shape index (κ3) is 3.34. The molecule has 1 aromatic carbocycles. The van der Waals surface area contributed by atoms with E-state index in [0.29, 0.717) is 18.2 Å². The molecule has 1 heterocycles. The van der Waals surface area contributed by atoms with Crippen LogP contribution in [0.1, 0.15) is 31.1 Å². The molecule has 0 atom stereocenters. The molecule has 0 saturated carbocycles. The van der Waals surface area contributed by atoms with Crippen LogP contribution >= 0.6 is 0 Å². The van der Waals surface area contributed by atoms with Gasteiger partial charge in [-0.05, 0) is 29.7 Å². The first kappa shape index (κ1) is 13.1. The number of benzene rings is 1. The van der Waals surface area contributed by atoms with Crippen LogP contribution in [0.4, 0.5) is 11.6 Å². The highest BCUT2D eigenvalue weighted by Gasteiger charge is 2.11. The lowest BCUT2D eigenvalue weighted by Crippen LogP contribution is -1.99. The maximum Gasteiger partial charge on any atom is 0.433 e. The smallest absolute Gasteiger partial charge is 0.404 e. The summed E-state index contributed by atoms with van der Waals surface area (Å²) in [6, 6.07) is 11.1. The number of nitro groups is 1. The third-order valence-electron chi connectivity index (χ3n) is 2.85. The van der Waals surface area contributed by atoms with E-state index in [9.17, 15) is 10.1 Å². The molecule has 0 aliphatic carbocycles. The van der Waals surface area contributed by atoms with Crippen LogP contribution in [0.3, 0.4) is 0 Å². The van der Waals surface area contributed by atoms with Gasteiger partial charge in [0.15, 0.2) is 0 Å². The van der Waals surface area contributed by atoms with Gasteiger partial charge in [0.05, 0.1) is 12.6 Å². The zero-order valence-corrected chi connectivity index (χ0v) is 10.9. The fourth-order valence-electron chi connectivity index (χ4n) is 1.76. The predicted molar refractivity (Wildman–Crippen MR) is 73.2 cm³/mol. The fourth-order valence-corrected chi connectivity index (χ4v) is 1.76. The molecule has 0 aliphatic heterocycles. The Hall–Kier alpha value is -2.30. The summed E-state index contributed by atoms with van der Waals surface area (Å²) in [7, 11) is 0. The van der Waals surface area contributed by atoms with Crippen molar-refractivity contribution in [1.82, 2.24) is 0 Å². The summed E-state index contributed by atoms with van der Waals surface area (Å²) in [5, 5.41) is 13.7. The first-order valence-corrected chi connectivity index (χ1v) is 6.13. The zero-order chi connectivity index (χ0) is 13.8. The number of hydrogen-bond donors (Lipinski definition) is 1. The zero-order valence-electron chi connectivity index (χ0n) is 10.9. The summed E-state index contributed by atoms with van der Waals surface area (Å²) in [5.41, 5.74) is 2.22. The topological polar surface area (TPSA) is 68.3 Å². The van der Waals surface area contributed by atoms with Crippen molar-refractivity contribution in [3.05, 3.63) is 57.8 Å². The lowest BCUT2D eigenvalue weighted by atomic mass is 10.0. The van der Waals surface area contributed by atoms with Crippen molar-refractivity contribution in [2.75, 3.05) is 5.32 Å². The number of hydrogen-bond acceptors (Lipinski definition) is 4. The minimum atomic E-state index is -0.539. The molecule has 1 aromatic heterocycles. The Morgan fingerprint density at radius 2 is 2.11 bits per heavy atom. The van der Waals surface area contributed by atoms with E-state index in [0.717, 1.165) is 5.69 Å². The largest absolute Gasteiger partial charge is 0.433 e. The molecule has 2 aromatic rings. The highest BCUT2D eigenvalue weighted by molar-refractivity contribution is 5.46. The average Bonchev–Trinajstić information content (AvgIpc) is 2.85. The Balaban J connectivity index is 2.01. The molecular weight excluding hydrogens is 244 g/mol. The van der Waals surface area contributed by atoms with Crippen molar-refractivity contribution in [2.24, 2.45) is 0 Å². The number of anilines is 1. The minimum Gasteiger partial charge on any atom is -0.404 e. The predicted octanol–water partition coefficient (Wildman–Crippen LogP) is 3.92. The van der Waals surface area contributed by atoms with Crippen LogP contribution in [-0.4, -0.2) is 4.92 Å². The number of furan rings is 1. The summed E-state index contributed by atoms with van der Waals surface area (Å²) in [6.45, 7) is 4.69. The molecule has 0 fully saturated rings. The quantitative estimate of drug-likeness (QED) is 0.653. The van der Waals surface area contributed by atoms with Crippen LogP contribution in [0.15, 0.2) is 40.8 Å². The molecule has 19 heavy (non-hydrogen) atoms. The number of nitrogens with zero attached hydrogens (tertiary/aromatic N) is 1. The van der Waals surface area contributed by atoms with E-state index in [4.69, 9.17) is 4.42 Å². The van der Waals surface area contributed by atoms with E-state index in [1.807, 2.05) is 12.1 Å². The summed E-state index contributed by atoms with van der Waals surface area (Å²) in [5.74, 6) is 0.779. The first-order valence-electron chi connectivity index (χ1n) is 6.13. The first-order chi connectivity index (χ1) is 9.06. The molecule has 0 unspecified atom stereocenters. The Bertz CT molecular complexity index is 576. The second kappa shape index (κ2) is 5.56. The summed E-state index contributed by atoms with van der Waals surface area (Å²) < 4.78 is 5.08. The van der Waals surface area contributed by atoms with Gasteiger partial charge in [-0.15, -0.1) is 0 Å². The van der Waals surface area contributed by atoms with Gasteiger partial charge in [0.1, 0.15) is 10.7 Å². The van der Waals surface area contributed by atoms with Crippen LogP contribution < -0.4 is 5.32 Å². The summed E-state index contributed by atoms with van der Waals surface area (Å²) >= 11 is 0. The van der Waals surface area contributed by atoms with Gasteiger partial charge in [-0.1, -0.05) is 26.0 Å². The van der Waals surface area contributed by atoms with Gasteiger partial charge in [-0.2, -0.15) is 0 Å². The second-order valence-electron chi connectivity index (χ2n) is 4.63. The van der Waals surface area contributed by atoms with E-state index in [1.165, 1.54) is 11.6 Å². The highest BCUT2D eigenvalue weighted by atomic mass is 16.6. The monoisotopic (exact) mass is 260 g/mol. The number of rotatable bonds is 5. The standard InChI is InChI=1S/C14H16N2O3/c1-10(2)11-4-3-5-12(8-11)15-9-13-6-7-14(19-13)16(17)18/h3-8,10,15H,9H2,1-2H3. The van der Waals surface area contributed by atoms with Gasteiger partial charge in [-0.3, -0.25) is 10.1 Å². The molecule has 100 valence electrons. The second-order valence-corrected chi connectivity index (χ2v) is 4.63. The SMILES string of the molecule is CC(C)c1cccc(NCc2ccc([N+](=O)[O-])o2)c1. The molecule has 5 heteroatoms. The van der Waals surface area contributed by atoms with Crippen LogP contribution in [0.5, 0.6) is 0 Å². The minimum absolute atomic E-state index is 0.229. The van der Waals surface area contributed by atoms with Crippen molar-refractivity contribution < 1.29 is 9.34 Å². The van der Waals surface area contributed by atoms with E-state index in [-0.39, 0.29) is 5.88 Å². The van der Waals surface area contributed by atoms with Crippen LogP contribution in [0.2, 0.25) is 0 Å². The Labute approximate surface area is 111 Å². The Morgan fingerprint density at radius 3 is 2.74 bits per heavy atom.